The molecule has 1 fully saturated rings. The van der Waals surface area contributed by atoms with Gasteiger partial charge in [-0.15, -0.1) is 0 Å². The number of amidine groups is 1. The minimum Gasteiger partial charge on any atom is -0.385 e. The van der Waals surface area contributed by atoms with E-state index in [9.17, 15) is 4.79 Å². The summed E-state index contributed by atoms with van der Waals surface area (Å²) >= 11 is 0. The van der Waals surface area contributed by atoms with E-state index in [-0.39, 0.29) is 18.2 Å². The Morgan fingerprint density at radius 2 is 2.39 bits per heavy atom. The third-order valence-electron chi connectivity index (χ3n) is 2.84. The van der Waals surface area contributed by atoms with Gasteiger partial charge in [-0.1, -0.05) is 0 Å². The van der Waals surface area contributed by atoms with E-state index in [0.29, 0.717) is 6.41 Å². The first-order valence-electron chi connectivity index (χ1n) is 6.06. The van der Waals surface area contributed by atoms with Crippen LogP contribution in [0.2, 0.25) is 0 Å². The van der Waals surface area contributed by atoms with E-state index in [0.717, 1.165) is 32.3 Å². The van der Waals surface area contributed by atoms with Gasteiger partial charge in [0.15, 0.2) is 0 Å². The maximum Gasteiger partial charge on any atom is 0.215 e. The van der Waals surface area contributed by atoms with Gasteiger partial charge in [-0.05, 0) is 31.8 Å². The average molecular weight is 255 g/mol. The molecule has 0 aromatic carbocycles. The van der Waals surface area contributed by atoms with Crippen molar-refractivity contribution in [3.05, 3.63) is 12.3 Å². The minimum atomic E-state index is -0.245. The van der Waals surface area contributed by atoms with Crippen molar-refractivity contribution in [2.45, 2.75) is 38.0 Å². The normalized spacial score (nSPS) is 23.4. The number of carbonyl (C=O) groups is 1. The maximum atomic E-state index is 10.9. The summed E-state index contributed by atoms with van der Waals surface area (Å²) in [5, 5.41) is 7.08. The van der Waals surface area contributed by atoms with E-state index in [1.54, 1.807) is 7.11 Å². The lowest BCUT2D eigenvalue weighted by atomic mass is 10.1. The quantitative estimate of drug-likeness (QED) is 0.291. The van der Waals surface area contributed by atoms with Crippen molar-refractivity contribution in [2.75, 3.05) is 13.7 Å². The Morgan fingerprint density at radius 3 is 3.00 bits per heavy atom. The lowest BCUT2D eigenvalue weighted by Crippen LogP contribution is -2.30. The molecule has 0 spiro atoms. The summed E-state index contributed by atoms with van der Waals surface area (Å²) < 4.78 is 10.8. The van der Waals surface area contributed by atoms with Crippen molar-refractivity contribution in [2.24, 2.45) is 5.73 Å². The summed E-state index contributed by atoms with van der Waals surface area (Å²) in [4.78, 5) is 12.3. The fourth-order valence-electron chi connectivity index (χ4n) is 1.94. The van der Waals surface area contributed by atoms with Crippen molar-refractivity contribution in [1.82, 2.24) is 4.90 Å². The summed E-state index contributed by atoms with van der Waals surface area (Å²) in [6, 6.07) is 0. The Hall–Kier alpha value is -1.40. The van der Waals surface area contributed by atoms with Crippen LogP contribution in [0.5, 0.6) is 0 Å². The molecule has 0 radical (unpaired) electrons. The molecule has 1 rings (SSSR count). The van der Waals surface area contributed by atoms with Crippen LogP contribution in [0, 0.1) is 5.41 Å². The molecule has 0 aromatic heterocycles. The van der Waals surface area contributed by atoms with Crippen LogP contribution in [-0.4, -0.2) is 43.2 Å². The second kappa shape index (κ2) is 7.84. The number of hydrogen-bond donors (Lipinski definition) is 2. The number of carbonyl (C=O) groups excluding carboxylic acids is 1. The third kappa shape index (κ3) is 4.85. The number of nitrogens with zero attached hydrogens (tertiary/aromatic N) is 1. The van der Waals surface area contributed by atoms with Crippen LogP contribution < -0.4 is 5.73 Å². The van der Waals surface area contributed by atoms with Crippen LogP contribution in [0.3, 0.4) is 0 Å². The molecule has 102 valence electrons. The number of amides is 1. The van der Waals surface area contributed by atoms with Crippen molar-refractivity contribution in [3.8, 4) is 0 Å². The van der Waals surface area contributed by atoms with Gasteiger partial charge >= 0.3 is 0 Å². The molecular formula is C12H21N3O3. The molecule has 1 aliphatic heterocycles. The zero-order valence-corrected chi connectivity index (χ0v) is 10.7. The standard InChI is InChI=1S/C12H21N3O3/c1-17-8-2-3-10-4-5-12(18-10)15(9-16)7-6-11(13)14/h6-7,9-10,12H,2-5,8H2,1H3,(H3,13,14)/b7-6-. The first kappa shape index (κ1) is 14.7. The van der Waals surface area contributed by atoms with Gasteiger partial charge in [0.2, 0.25) is 6.41 Å². The minimum absolute atomic E-state index is 0.0866. The van der Waals surface area contributed by atoms with Gasteiger partial charge < -0.3 is 15.2 Å². The highest BCUT2D eigenvalue weighted by Crippen LogP contribution is 2.25. The summed E-state index contributed by atoms with van der Waals surface area (Å²) in [6.45, 7) is 0.728. The lowest BCUT2D eigenvalue weighted by Gasteiger charge is -2.21. The SMILES string of the molecule is COCCCC1CCC(N(C=O)/C=C\C(=N)N)O1. The number of methoxy groups -OCH3 is 1. The van der Waals surface area contributed by atoms with Gasteiger partial charge in [-0.25, -0.2) is 0 Å². The van der Waals surface area contributed by atoms with Crippen LogP contribution in [0.15, 0.2) is 12.3 Å². The molecule has 18 heavy (non-hydrogen) atoms. The molecular weight excluding hydrogens is 234 g/mol. The number of hydrogen-bond acceptors (Lipinski definition) is 4. The van der Waals surface area contributed by atoms with Crippen LogP contribution in [0.4, 0.5) is 0 Å². The summed E-state index contributed by atoms with van der Waals surface area (Å²) in [6.07, 6.45) is 7.12. The van der Waals surface area contributed by atoms with E-state index in [2.05, 4.69) is 0 Å². The lowest BCUT2D eigenvalue weighted by molar-refractivity contribution is -0.126. The number of ether oxygens (including phenoxy) is 2. The topological polar surface area (TPSA) is 88.6 Å². The van der Waals surface area contributed by atoms with E-state index in [1.807, 2.05) is 0 Å². The highest BCUT2D eigenvalue weighted by molar-refractivity contribution is 5.88. The van der Waals surface area contributed by atoms with Crippen LogP contribution >= 0.6 is 0 Å². The molecule has 6 heteroatoms. The molecule has 6 nitrogen and oxygen atoms in total. The fraction of sp³-hybridized carbons (Fsp3) is 0.667. The largest absolute Gasteiger partial charge is 0.385 e. The highest BCUT2D eigenvalue weighted by atomic mass is 16.5. The Bertz CT molecular complexity index is 307. The van der Waals surface area contributed by atoms with Crippen molar-refractivity contribution in [3.63, 3.8) is 0 Å². The van der Waals surface area contributed by atoms with E-state index < -0.39 is 0 Å². The van der Waals surface area contributed by atoms with Crippen molar-refractivity contribution >= 4 is 12.2 Å². The summed E-state index contributed by atoms with van der Waals surface area (Å²) in [5.74, 6) is -0.0866. The highest BCUT2D eigenvalue weighted by Gasteiger charge is 2.28. The summed E-state index contributed by atoms with van der Waals surface area (Å²) in [5.41, 5.74) is 5.20. The maximum absolute atomic E-state index is 10.9. The first-order chi connectivity index (χ1) is 8.67. The van der Waals surface area contributed by atoms with Crippen molar-refractivity contribution < 1.29 is 14.3 Å². The summed E-state index contributed by atoms with van der Waals surface area (Å²) in [7, 11) is 1.68. The van der Waals surface area contributed by atoms with Gasteiger partial charge in [-0.2, -0.15) is 0 Å². The van der Waals surface area contributed by atoms with Gasteiger partial charge in [0.1, 0.15) is 12.1 Å². The smallest absolute Gasteiger partial charge is 0.215 e. The van der Waals surface area contributed by atoms with Crippen molar-refractivity contribution in [1.29, 1.82) is 5.41 Å². The molecule has 2 unspecified atom stereocenters. The molecule has 2 atom stereocenters. The Balaban J connectivity index is 2.38. The Kier molecular flexibility index (Phi) is 6.38. The van der Waals surface area contributed by atoms with Gasteiger partial charge in [0.25, 0.3) is 0 Å². The number of nitrogens with one attached hydrogen (secondary N) is 1. The zero-order valence-electron chi connectivity index (χ0n) is 10.7. The molecule has 1 amide bonds. The van der Waals surface area contributed by atoms with Crippen LogP contribution in [0.25, 0.3) is 0 Å². The Labute approximate surface area is 107 Å². The first-order valence-corrected chi connectivity index (χ1v) is 6.06. The number of nitrogens with two attached hydrogens (primary N) is 1. The van der Waals surface area contributed by atoms with Gasteiger partial charge in [-0.3, -0.25) is 15.1 Å². The molecule has 3 N–H and O–H groups in total. The monoisotopic (exact) mass is 255 g/mol. The van der Waals surface area contributed by atoms with Gasteiger partial charge in [0, 0.05) is 19.9 Å². The molecule has 0 aliphatic carbocycles. The zero-order chi connectivity index (χ0) is 13.4. The molecule has 1 heterocycles. The van der Waals surface area contributed by atoms with Gasteiger partial charge in [0.05, 0.1) is 6.10 Å². The number of rotatable bonds is 8. The fourth-order valence-corrected chi connectivity index (χ4v) is 1.94. The second-order valence-corrected chi connectivity index (χ2v) is 4.25. The van der Waals surface area contributed by atoms with E-state index in [1.165, 1.54) is 17.2 Å². The van der Waals surface area contributed by atoms with E-state index >= 15 is 0 Å². The van der Waals surface area contributed by atoms with Crippen LogP contribution in [0.1, 0.15) is 25.7 Å². The average Bonchev–Trinajstić information content (AvgIpc) is 2.79. The van der Waals surface area contributed by atoms with E-state index in [4.69, 9.17) is 20.6 Å². The molecule has 0 saturated carbocycles. The predicted octanol–water partition coefficient (Wildman–Crippen LogP) is 0.826. The Morgan fingerprint density at radius 1 is 1.61 bits per heavy atom. The third-order valence-corrected chi connectivity index (χ3v) is 2.84. The predicted molar refractivity (Wildman–Crippen MR) is 68.0 cm³/mol. The molecule has 1 aliphatic rings. The van der Waals surface area contributed by atoms with Crippen LogP contribution in [-0.2, 0) is 14.3 Å². The molecule has 0 bridgehead atoms. The molecule has 1 saturated heterocycles. The second-order valence-electron chi connectivity index (χ2n) is 4.25. The molecule has 0 aromatic rings.